The molecule has 46 heavy (non-hydrogen) atoms. The van der Waals surface area contributed by atoms with Crippen molar-refractivity contribution < 1.29 is 29.4 Å². The van der Waals surface area contributed by atoms with E-state index in [0.29, 0.717) is 76.7 Å². The Labute approximate surface area is 273 Å². The van der Waals surface area contributed by atoms with Gasteiger partial charge >= 0.3 is 0 Å². The zero-order valence-electron chi connectivity index (χ0n) is 28.5. The molecular weight excluding hydrogens is 576 g/mol. The van der Waals surface area contributed by atoms with Gasteiger partial charge < -0.3 is 10.2 Å². The summed E-state index contributed by atoms with van der Waals surface area (Å²) in [7, 11) is 0. The number of Topliss-reactive ketones (excluding diaryl/α,β-unsaturated/α-hetero) is 4. The topological polar surface area (TPSA) is 109 Å². The SMILES string of the molecule is CC1=C(C)C(=O)C(CCC(C)(C)O)=C(CCc2ccccc2)C1=O.CC1=C(C)C(=O)C(c2ccccc2)=C(CCC(C)(C)O)C1=O. The van der Waals surface area contributed by atoms with E-state index in [-0.39, 0.29) is 23.1 Å². The Morgan fingerprint density at radius 3 is 1.30 bits per heavy atom. The van der Waals surface area contributed by atoms with Gasteiger partial charge in [0.1, 0.15) is 0 Å². The molecule has 0 spiro atoms. The minimum Gasteiger partial charge on any atom is -0.390 e. The van der Waals surface area contributed by atoms with Gasteiger partial charge in [0.25, 0.3) is 0 Å². The quantitative estimate of drug-likeness (QED) is 0.266. The van der Waals surface area contributed by atoms with Crippen LogP contribution in [-0.4, -0.2) is 44.5 Å². The fourth-order valence-corrected chi connectivity index (χ4v) is 5.53. The second kappa shape index (κ2) is 15.1. The number of carbonyl (C=O) groups excluding carboxylic acids is 4. The van der Waals surface area contributed by atoms with Crippen LogP contribution in [-0.2, 0) is 25.6 Å². The highest BCUT2D eigenvalue weighted by Crippen LogP contribution is 2.35. The molecule has 2 aromatic carbocycles. The summed E-state index contributed by atoms with van der Waals surface area (Å²) in [6.07, 6.45) is 3.01. The molecule has 0 saturated carbocycles. The van der Waals surface area contributed by atoms with Crippen molar-refractivity contribution in [2.45, 2.75) is 105 Å². The number of rotatable bonds is 10. The summed E-state index contributed by atoms with van der Waals surface area (Å²) in [4.78, 5) is 50.7. The van der Waals surface area contributed by atoms with Gasteiger partial charge in [-0.05, 0) is 105 Å². The van der Waals surface area contributed by atoms with E-state index in [1.165, 1.54) is 0 Å². The van der Waals surface area contributed by atoms with Gasteiger partial charge in [-0.1, -0.05) is 60.7 Å². The summed E-state index contributed by atoms with van der Waals surface area (Å²) in [5.74, 6) is -0.234. The Kier molecular flexibility index (Phi) is 11.9. The first kappa shape index (κ1) is 36.5. The summed E-state index contributed by atoms with van der Waals surface area (Å²) in [6.45, 7) is 13.7. The van der Waals surface area contributed by atoms with Crippen LogP contribution in [0.3, 0.4) is 0 Å². The number of aliphatic hydroxyl groups is 2. The monoisotopic (exact) mass is 624 g/mol. The van der Waals surface area contributed by atoms with Gasteiger partial charge in [-0.3, -0.25) is 19.2 Å². The number of hydrogen-bond acceptors (Lipinski definition) is 6. The van der Waals surface area contributed by atoms with Crippen LogP contribution in [0.1, 0.15) is 98.6 Å². The molecular formula is C40H48O6. The molecule has 0 atom stereocenters. The van der Waals surface area contributed by atoms with Crippen molar-refractivity contribution in [2.75, 3.05) is 0 Å². The van der Waals surface area contributed by atoms with Crippen molar-refractivity contribution in [1.82, 2.24) is 0 Å². The summed E-state index contributed by atoms with van der Waals surface area (Å²) < 4.78 is 0. The Hall–Kier alpha value is -4.00. The normalized spacial score (nSPS) is 16.4. The molecule has 0 amide bonds. The second-order valence-electron chi connectivity index (χ2n) is 13.6. The number of benzene rings is 2. The minimum absolute atomic E-state index is 0.0197. The van der Waals surface area contributed by atoms with E-state index in [4.69, 9.17) is 0 Å². The van der Waals surface area contributed by atoms with Crippen LogP contribution in [0.15, 0.2) is 99.7 Å². The molecule has 0 radical (unpaired) electrons. The molecule has 0 aromatic heterocycles. The second-order valence-corrected chi connectivity index (χ2v) is 13.6. The first-order chi connectivity index (χ1) is 21.4. The molecule has 2 aromatic rings. The first-order valence-corrected chi connectivity index (χ1v) is 16.0. The lowest BCUT2D eigenvalue weighted by Crippen LogP contribution is -2.25. The largest absolute Gasteiger partial charge is 0.390 e. The highest BCUT2D eigenvalue weighted by Gasteiger charge is 2.32. The molecule has 0 saturated heterocycles. The van der Waals surface area contributed by atoms with Crippen LogP contribution < -0.4 is 0 Å². The molecule has 6 nitrogen and oxygen atoms in total. The molecule has 244 valence electrons. The molecule has 2 aliphatic carbocycles. The number of carbonyl (C=O) groups is 4. The van der Waals surface area contributed by atoms with Gasteiger partial charge in [0.05, 0.1) is 11.2 Å². The molecule has 6 heteroatoms. The smallest absolute Gasteiger partial charge is 0.190 e. The Balaban J connectivity index is 0.000000251. The zero-order chi connectivity index (χ0) is 34.4. The van der Waals surface area contributed by atoms with Gasteiger partial charge in [-0.2, -0.15) is 0 Å². The predicted octanol–water partition coefficient (Wildman–Crippen LogP) is 7.43. The van der Waals surface area contributed by atoms with Crippen LogP contribution in [0.25, 0.3) is 5.57 Å². The van der Waals surface area contributed by atoms with Gasteiger partial charge in [0.15, 0.2) is 23.1 Å². The Morgan fingerprint density at radius 1 is 0.478 bits per heavy atom. The number of ketones is 4. The van der Waals surface area contributed by atoms with E-state index in [1.807, 2.05) is 60.7 Å². The van der Waals surface area contributed by atoms with Crippen LogP contribution in [0.4, 0.5) is 0 Å². The Morgan fingerprint density at radius 2 is 0.848 bits per heavy atom. The van der Waals surface area contributed by atoms with E-state index in [1.54, 1.807) is 55.4 Å². The van der Waals surface area contributed by atoms with Gasteiger partial charge in [-0.25, -0.2) is 0 Å². The standard InChI is InChI=1S/C21H26O3.C19H22O3/c1-14-15(2)20(23)18(12-13-21(3,4)24)17(19(14)22)11-10-16-8-6-5-7-9-16;1-12-13(2)18(21)16(14-8-6-5-7-9-14)15(17(12)20)10-11-19(3,4)22/h5-9,24H,10-13H2,1-4H3;5-9,22H,10-11H2,1-4H3. The van der Waals surface area contributed by atoms with Crippen molar-refractivity contribution in [1.29, 1.82) is 0 Å². The van der Waals surface area contributed by atoms with E-state index < -0.39 is 11.2 Å². The van der Waals surface area contributed by atoms with Crippen molar-refractivity contribution in [3.05, 3.63) is 111 Å². The number of aryl methyl sites for hydroxylation is 1. The fourth-order valence-electron chi connectivity index (χ4n) is 5.53. The maximum absolute atomic E-state index is 12.7. The summed E-state index contributed by atoms with van der Waals surface area (Å²) >= 11 is 0. The number of allylic oxidation sites excluding steroid dienone is 8. The zero-order valence-corrected chi connectivity index (χ0v) is 28.5. The molecule has 4 rings (SSSR count). The number of hydrogen-bond donors (Lipinski definition) is 2. The molecule has 0 heterocycles. The van der Waals surface area contributed by atoms with Gasteiger partial charge in [-0.15, -0.1) is 0 Å². The molecule has 0 bridgehead atoms. The first-order valence-electron chi connectivity index (χ1n) is 16.0. The highest BCUT2D eigenvalue weighted by atomic mass is 16.3. The minimum atomic E-state index is -0.873. The maximum Gasteiger partial charge on any atom is 0.190 e. The van der Waals surface area contributed by atoms with E-state index in [0.717, 1.165) is 17.5 Å². The lowest BCUT2D eigenvalue weighted by molar-refractivity contribution is -0.116. The summed E-state index contributed by atoms with van der Waals surface area (Å²) in [5.41, 5.74) is 4.49. The van der Waals surface area contributed by atoms with Crippen LogP contribution in [0, 0.1) is 0 Å². The molecule has 0 aliphatic heterocycles. The van der Waals surface area contributed by atoms with Crippen LogP contribution >= 0.6 is 0 Å². The third kappa shape index (κ3) is 9.27. The van der Waals surface area contributed by atoms with Gasteiger partial charge in [0.2, 0.25) is 0 Å². The Bertz CT molecular complexity index is 1620. The van der Waals surface area contributed by atoms with Crippen molar-refractivity contribution in [3.63, 3.8) is 0 Å². The van der Waals surface area contributed by atoms with Crippen molar-refractivity contribution >= 4 is 28.7 Å². The molecule has 2 aliphatic rings. The highest BCUT2D eigenvalue weighted by molar-refractivity contribution is 6.39. The average Bonchev–Trinajstić information content (AvgIpc) is 3.01. The van der Waals surface area contributed by atoms with E-state index >= 15 is 0 Å². The third-order valence-corrected chi connectivity index (χ3v) is 8.75. The molecule has 0 unspecified atom stereocenters. The van der Waals surface area contributed by atoms with Crippen LogP contribution in [0.5, 0.6) is 0 Å². The molecule has 2 N–H and O–H groups in total. The predicted molar refractivity (Wildman–Crippen MR) is 183 cm³/mol. The average molecular weight is 625 g/mol. The van der Waals surface area contributed by atoms with E-state index in [9.17, 15) is 29.4 Å². The maximum atomic E-state index is 12.7. The summed E-state index contributed by atoms with van der Waals surface area (Å²) in [6, 6.07) is 19.2. The lowest BCUT2D eigenvalue weighted by atomic mass is 9.79. The van der Waals surface area contributed by atoms with Crippen molar-refractivity contribution in [2.24, 2.45) is 0 Å². The fraction of sp³-hybridized carbons (Fsp3) is 0.400. The lowest BCUT2D eigenvalue weighted by Gasteiger charge is -2.23. The van der Waals surface area contributed by atoms with Crippen molar-refractivity contribution in [3.8, 4) is 0 Å². The van der Waals surface area contributed by atoms with Crippen LogP contribution in [0.2, 0.25) is 0 Å². The third-order valence-electron chi connectivity index (χ3n) is 8.75. The summed E-state index contributed by atoms with van der Waals surface area (Å²) in [5, 5.41) is 19.9. The van der Waals surface area contributed by atoms with Gasteiger partial charge in [0, 0.05) is 44.6 Å². The van der Waals surface area contributed by atoms with E-state index in [2.05, 4.69) is 0 Å². The molecule has 0 fully saturated rings.